The van der Waals surface area contributed by atoms with Crippen molar-refractivity contribution in [3.05, 3.63) is 42.0 Å². The molecular weight excluding hydrogens is 306 g/mol. The Morgan fingerprint density at radius 2 is 2.12 bits per heavy atom. The minimum absolute atomic E-state index is 0.0807. The average Bonchev–Trinajstić information content (AvgIpc) is 3.02. The second-order valence-electron chi connectivity index (χ2n) is 6.43. The average molecular weight is 329 g/mol. The number of nitrogens with zero attached hydrogens (tertiary/aromatic N) is 4. The van der Waals surface area contributed by atoms with Crippen LogP contribution in [0.5, 0.6) is 0 Å². The molecule has 2 aromatic rings. The largest absolute Gasteiger partial charge is 0.391 e. The van der Waals surface area contributed by atoms with Crippen LogP contribution in [0, 0.1) is 12.8 Å². The second-order valence-corrected chi connectivity index (χ2v) is 6.43. The van der Waals surface area contributed by atoms with Crippen LogP contribution in [0.25, 0.3) is 0 Å². The predicted octanol–water partition coefficient (Wildman–Crippen LogP) is 0.597. The lowest BCUT2D eigenvalue weighted by molar-refractivity contribution is -0.117. The highest BCUT2D eigenvalue weighted by Gasteiger charge is 2.32. The number of anilines is 1. The Morgan fingerprint density at radius 1 is 1.38 bits per heavy atom. The monoisotopic (exact) mass is 329 g/mol. The smallest absolute Gasteiger partial charge is 0.238 e. The summed E-state index contributed by atoms with van der Waals surface area (Å²) >= 11 is 0. The Kier molecular flexibility index (Phi) is 4.92. The normalized spacial score (nSPS) is 21.1. The lowest BCUT2D eigenvalue weighted by atomic mass is 9.97. The predicted molar refractivity (Wildman–Crippen MR) is 90.5 cm³/mol. The summed E-state index contributed by atoms with van der Waals surface area (Å²) in [5, 5.41) is 17.4. The molecule has 0 unspecified atom stereocenters. The number of pyridine rings is 1. The van der Waals surface area contributed by atoms with Crippen LogP contribution in [0.1, 0.15) is 11.3 Å². The summed E-state index contributed by atoms with van der Waals surface area (Å²) in [6, 6.07) is 3.93. The number of carbonyl (C=O) groups excluding carboxylic acids is 1. The maximum atomic E-state index is 12.2. The van der Waals surface area contributed by atoms with Gasteiger partial charge in [0.15, 0.2) is 0 Å². The minimum atomic E-state index is -0.411. The molecule has 3 rings (SSSR count). The summed E-state index contributed by atoms with van der Waals surface area (Å²) < 4.78 is 1.68. The molecule has 24 heavy (non-hydrogen) atoms. The molecule has 2 N–H and O–H groups in total. The van der Waals surface area contributed by atoms with Gasteiger partial charge in [-0.25, -0.2) is 0 Å². The third-order valence-electron chi connectivity index (χ3n) is 4.38. The van der Waals surface area contributed by atoms with Crippen molar-refractivity contribution in [2.24, 2.45) is 13.0 Å². The Labute approximate surface area is 141 Å². The van der Waals surface area contributed by atoms with Gasteiger partial charge in [0.25, 0.3) is 0 Å². The number of likely N-dealkylation sites (tertiary alicyclic amines) is 1. The summed E-state index contributed by atoms with van der Waals surface area (Å²) in [4.78, 5) is 18.2. The molecule has 0 aliphatic carbocycles. The fraction of sp³-hybridized carbons (Fsp3) is 0.471. The van der Waals surface area contributed by atoms with E-state index in [1.807, 2.05) is 31.0 Å². The summed E-state index contributed by atoms with van der Waals surface area (Å²) in [6.45, 7) is 3.37. The summed E-state index contributed by atoms with van der Waals surface area (Å²) in [6.07, 6.45) is 5.70. The Hall–Kier alpha value is -2.25. The number of nitrogens with one attached hydrogen (secondary N) is 1. The number of hydrogen-bond donors (Lipinski definition) is 2. The van der Waals surface area contributed by atoms with E-state index in [2.05, 4.69) is 15.4 Å². The maximum Gasteiger partial charge on any atom is 0.238 e. The third-order valence-corrected chi connectivity index (χ3v) is 4.38. The number of amides is 1. The molecule has 1 saturated heterocycles. The fourth-order valence-corrected chi connectivity index (χ4v) is 3.21. The van der Waals surface area contributed by atoms with E-state index in [1.54, 1.807) is 23.3 Å². The van der Waals surface area contributed by atoms with E-state index in [4.69, 9.17) is 0 Å². The van der Waals surface area contributed by atoms with Gasteiger partial charge in [-0.15, -0.1) is 0 Å². The van der Waals surface area contributed by atoms with Gasteiger partial charge in [0.1, 0.15) is 0 Å². The molecule has 2 aromatic heterocycles. The van der Waals surface area contributed by atoms with Gasteiger partial charge in [-0.3, -0.25) is 19.4 Å². The molecule has 0 spiro atoms. The zero-order valence-corrected chi connectivity index (χ0v) is 14.0. The number of aliphatic hydroxyl groups is 1. The number of rotatable bonds is 5. The maximum absolute atomic E-state index is 12.2. The first-order chi connectivity index (χ1) is 11.5. The first kappa shape index (κ1) is 16.6. The van der Waals surface area contributed by atoms with Gasteiger partial charge in [-0.05, 0) is 31.0 Å². The summed E-state index contributed by atoms with van der Waals surface area (Å²) in [5.41, 5.74) is 2.68. The topological polar surface area (TPSA) is 83.3 Å². The van der Waals surface area contributed by atoms with Crippen LogP contribution >= 0.6 is 0 Å². The van der Waals surface area contributed by atoms with Crippen molar-refractivity contribution in [3.8, 4) is 0 Å². The zero-order valence-electron chi connectivity index (χ0n) is 14.0. The van der Waals surface area contributed by atoms with Crippen molar-refractivity contribution in [2.75, 3.05) is 25.0 Å². The zero-order chi connectivity index (χ0) is 17.1. The Morgan fingerprint density at radius 3 is 2.79 bits per heavy atom. The molecule has 2 atom stereocenters. The first-order valence-electron chi connectivity index (χ1n) is 8.10. The van der Waals surface area contributed by atoms with Crippen LogP contribution in [-0.4, -0.2) is 56.4 Å². The molecular formula is C17H23N5O2. The number of hydrogen-bond acceptors (Lipinski definition) is 5. The van der Waals surface area contributed by atoms with Crippen molar-refractivity contribution >= 4 is 11.6 Å². The van der Waals surface area contributed by atoms with Crippen LogP contribution < -0.4 is 5.32 Å². The first-order valence-corrected chi connectivity index (χ1v) is 8.10. The van der Waals surface area contributed by atoms with Gasteiger partial charge in [-0.1, -0.05) is 0 Å². The number of carbonyl (C=O) groups is 1. The molecule has 128 valence electrons. The molecule has 0 bridgehead atoms. The third kappa shape index (κ3) is 3.98. The standard InChI is InChI=1S/C17H23N5O2/c1-12-15(9-21(2)20-12)19-17(24)11-22-8-14(16(23)10-22)7-13-3-5-18-6-4-13/h3-6,9,14,16,23H,7-8,10-11H2,1-2H3,(H,19,24)/t14-,16-/m1/s1. The van der Waals surface area contributed by atoms with E-state index in [0.29, 0.717) is 13.1 Å². The van der Waals surface area contributed by atoms with Crippen LogP contribution in [-0.2, 0) is 18.3 Å². The molecule has 1 aliphatic rings. The highest BCUT2D eigenvalue weighted by Crippen LogP contribution is 2.21. The van der Waals surface area contributed by atoms with Crippen LogP contribution in [0.15, 0.2) is 30.7 Å². The van der Waals surface area contributed by atoms with E-state index in [0.717, 1.165) is 23.4 Å². The molecule has 7 nitrogen and oxygen atoms in total. The van der Waals surface area contributed by atoms with Gasteiger partial charge in [0.05, 0.1) is 24.0 Å². The SMILES string of the molecule is Cc1nn(C)cc1NC(=O)CN1C[C@@H](Cc2ccncc2)[C@H](O)C1. The summed E-state index contributed by atoms with van der Waals surface area (Å²) in [7, 11) is 1.82. The molecule has 0 saturated carbocycles. The molecule has 1 amide bonds. The van der Waals surface area contributed by atoms with Gasteiger partial charge in [0.2, 0.25) is 5.91 Å². The molecule has 1 fully saturated rings. The van der Waals surface area contributed by atoms with Crippen molar-refractivity contribution in [1.82, 2.24) is 19.7 Å². The van der Waals surface area contributed by atoms with E-state index >= 15 is 0 Å². The van der Waals surface area contributed by atoms with E-state index < -0.39 is 6.10 Å². The Balaban J connectivity index is 1.53. The minimum Gasteiger partial charge on any atom is -0.391 e. The van der Waals surface area contributed by atoms with Crippen LogP contribution in [0.2, 0.25) is 0 Å². The quantitative estimate of drug-likeness (QED) is 0.839. The Bertz CT molecular complexity index is 700. The van der Waals surface area contributed by atoms with Gasteiger partial charge < -0.3 is 10.4 Å². The van der Waals surface area contributed by atoms with E-state index in [-0.39, 0.29) is 18.4 Å². The number of aromatic nitrogens is 3. The van der Waals surface area contributed by atoms with Crippen molar-refractivity contribution in [2.45, 2.75) is 19.4 Å². The molecule has 0 aromatic carbocycles. The molecule has 0 radical (unpaired) electrons. The van der Waals surface area contributed by atoms with Crippen molar-refractivity contribution < 1.29 is 9.90 Å². The van der Waals surface area contributed by atoms with Gasteiger partial charge >= 0.3 is 0 Å². The van der Waals surface area contributed by atoms with Crippen molar-refractivity contribution in [1.29, 1.82) is 0 Å². The number of aliphatic hydroxyl groups excluding tert-OH is 1. The van der Waals surface area contributed by atoms with Crippen LogP contribution in [0.4, 0.5) is 5.69 Å². The highest BCUT2D eigenvalue weighted by atomic mass is 16.3. The molecule has 3 heterocycles. The van der Waals surface area contributed by atoms with Crippen molar-refractivity contribution in [3.63, 3.8) is 0 Å². The number of β-amino-alcohol motifs (C(OH)–C–C–N with tert-alkyl or cyclic N) is 1. The lowest BCUT2D eigenvalue weighted by Crippen LogP contribution is -2.32. The van der Waals surface area contributed by atoms with Gasteiger partial charge in [-0.2, -0.15) is 5.10 Å². The van der Waals surface area contributed by atoms with Crippen LogP contribution in [0.3, 0.4) is 0 Å². The van der Waals surface area contributed by atoms with E-state index in [9.17, 15) is 9.90 Å². The fourth-order valence-electron chi connectivity index (χ4n) is 3.21. The second kappa shape index (κ2) is 7.11. The lowest BCUT2D eigenvalue weighted by Gasteiger charge is -2.15. The summed E-state index contributed by atoms with van der Waals surface area (Å²) in [5.74, 6) is 0.0585. The molecule has 7 heteroatoms. The number of aryl methyl sites for hydroxylation is 2. The molecule has 1 aliphatic heterocycles. The van der Waals surface area contributed by atoms with Gasteiger partial charge in [0, 0.05) is 44.6 Å². The highest BCUT2D eigenvalue weighted by molar-refractivity contribution is 5.92. The van der Waals surface area contributed by atoms with E-state index in [1.165, 1.54) is 0 Å².